The van der Waals surface area contributed by atoms with E-state index in [4.69, 9.17) is 9.47 Å². The van der Waals surface area contributed by atoms with Gasteiger partial charge in [-0.25, -0.2) is 0 Å². The number of amides is 2. The van der Waals surface area contributed by atoms with Gasteiger partial charge in [0.25, 0.3) is 5.91 Å². The lowest BCUT2D eigenvalue weighted by Gasteiger charge is -2.11. The molecule has 0 radical (unpaired) electrons. The summed E-state index contributed by atoms with van der Waals surface area (Å²) in [6, 6.07) is 14.5. The van der Waals surface area contributed by atoms with Gasteiger partial charge in [-0.05, 0) is 54.8 Å². The van der Waals surface area contributed by atoms with Gasteiger partial charge in [0, 0.05) is 30.9 Å². The molecule has 0 spiro atoms. The highest BCUT2D eigenvalue weighted by Gasteiger charge is 2.16. The van der Waals surface area contributed by atoms with E-state index < -0.39 is 0 Å². The molecule has 154 valence electrons. The average Bonchev–Trinajstić information content (AvgIpc) is 3.27. The van der Waals surface area contributed by atoms with Crippen LogP contribution in [0.15, 0.2) is 48.5 Å². The number of nitrogens with one attached hydrogen (secondary N) is 3. The van der Waals surface area contributed by atoms with E-state index in [0.717, 1.165) is 30.8 Å². The van der Waals surface area contributed by atoms with Gasteiger partial charge >= 0.3 is 0 Å². The Morgan fingerprint density at radius 1 is 1.10 bits per heavy atom. The molecule has 1 heterocycles. The van der Waals surface area contributed by atoms with Crippen LogP contribution >= 0.6 is 0 Å². The monoisotopic (exact) mass is 397 g/mol. The van der Waals surface area contributed by atoms with Crippen LogP contribution in [0, 0.1) is 0 Å². The Balaban J connectivity index is 1.38. The number of ether oxygens (including phenoxy) is 2. The molecule has 1 unspecified atom stereocenters. The molecule has 2 aromatic carbocycles. The first-order valence-electron chi connectivity index (χ1n) is 9.77. The maximum atomic E-state index is 12.2. The number of hydrogen-bond donors (Lipinski definition) is 3. The van der Waals surface area contributed by atoms with E-state index in [1.165, 1.54) is 0 Å². The normalized spacial score (nSPS) is 15.7. The van der Waals surface area contributed by atoms with Gasteiger partial charge in [-0.1, -0.05) is 12.1 Å². The standard InChI is InChI=1S/C22H27N3O4/c1-28-19-10-4-16(5-11-19)13-23-15-21(26)25-18-8-6-17(7-9-18)22(27)24-14-20-3-2-12-29-20/h4-11,20,23H,2-3,12-15H2,1H3,(H,24,27)(H,25,26). The van der Waals surface area contributed by atoms with Crippen molar-refractivity contribution >= 4 is 17.5 Å². The number of carbonyl (C=O) groups excluding carboxylic acids is 2. The second kappa shape index (κ2) is 10.6. The Kier molecular flexibility index (Phi) is 7.61. The van der Waals surface area contributed by atoms with Gasteiger partial charge in [0.15, 0.2) is 0 Å². The molecule has 0 saturated carbocycles. The van der Waals surface area contributed by atoms with Crippen molar-refractivity contribution in [2.75, 3.05) is 32.1 Å². The summed E-state index contributed by atoms with van der Waals surface area (Å²) in [5.41, 5.74) is 2.27. The van der Waals surface area contributed by atoms with Gasteiger partial charge < -0.3 is 25.4 Å². The molecular formula is C22H27N3O4. The molecule has 0 bridgehead atoms. The summed E-state index contributed by atoms with van der Waals surface area (Å²) in [7, 11) is 1.63. The summed E-state index contributed by atoms with van der Waals surface area (Å²) in [6.07, 6.45) is 2.14. The van der Waals surface area contributed by atoms with Gasteiger partial charge in [-0.15, -0.1) is 0 Å². The zero-order valence-corrected chi connectivity index (χ0v) is 16.6. The Morgan fingerprint density at radius 2 is 1.86 bits per heavy atom. The zero-order chi connectivity index (χ0) is 20.5. The van der Waals surface area contributed by atoms with Crippen LogP contribution < -0.4 is 20.7 Å². The smallest absolute Gasteiger partial charge is 0.251 e. The van der Waals surface area contributed by atoms with Crippen molar-refractivity contribution in [2.45, 2.75) is 25.5 Å². The molecular weight excluding hydrogens is 370 g/mol. The highest BCUT2D eigenvalue weighted by atomic mass is 16.5. The summed E-state index contributed by atoms with van der Waals surface area (Å²) in [4.78, 5) is 24.3. The third kappa shape index (κ3) is 6.58. The molecule has 0 aromatic heterocycles. The first kappa shape index (κ1) is 20.8. The van der Waals surface area contributed by atoms with Crippen molar-refractivity contribution in [3.05, 3.63) is 59.7 Å². The molecule has 3 N–H and O–H groups in total. The average molecular weight is 397 g/mol. The Labute approximate surface area is 170 Å². The first-order valence-corrected chi connectivity index (χ1v) is 9.77. The fraction of sp³-hybridized carbons (Fsp3) is 0.364. The molecule has 1 aliphatic rings. The minimum absolute atomic E-state index is 0.114. The minimum Gasteiger partial charge on any atom is -0.497 e. The second-order valence-corrected chi connectivity index (χ2v) is 6.92. The van der Waals surface area contributed by atoms with E-state index in [2.05, 4.69) is 16.0 Å². The van der Waals surface area contributed by atoms with Crippen molar-refractivity contribution in [3.8, 4) is 5.75 Å². The second-order valence-electron chi connectivity index (χ2n) is 6.92. The van der Waals surface area contributed by atoms with Crippen LogP contribution in [-0.2, 0) is 16.1 Å². The van der Waals surface area contributed by atoms with Crippen LogP contribution in [0.4, 0.5) is 5.69 Å². The van der Waals surface area contributed by atoms with E-state index in [1.807, 2.05) is 24.3 Å². The molecule has 1 saturated heterocycles. The first-order chi connectivity index (χ1) is 14.1. The lowest BCUT2D eigenvalue weighted by atomic mass is 10.2. The predicted octanol–water partition coefficient (Wildman–Crippen LogP) is 2.33. The molecule has 7 heteroatoms. The van der Waals surface area contributed by atoms with Gasteiger partial charge in [-0.2, -0.15) is 0 Å². The summed E-state index contributed by atoms with van der Waals surface area (Å²) in [5, 5.41) is 8.80. The van der Waals surface area contributed by atoms with Gasteiger partial charge in [0.1, 0.15) is 5.75 Å². The fourth-order valence-corrected chi connectivity index (χ4v) is 3.09. The maximum Gasteiger partial charge on any atom is 0.251 e. The van der Waals surface area contributed by atoms with Crippen molar-refractivity contribution < 1.29 is 19.1 Å². The van der Waals surface area contributed by atoms with Gasteiger partial charge in [0.05, 0.1) is 19.8 Å². The maximum absolute atomic E-state index is 12.2. The lowest BCUT2D eigenvalue weighted by Crippen LogP contribution is -2.31. The Bertz CT molecular complexity index is 800. The number of hydrogen-bond acceptors (Lipinski definition) is 5. The molecule has 1 atom stereocenters. The predicted molar refractivity (Wildman–Crippen MR) is 111 cm³/mol. The summed E-state index contributed by atoms with van der Waals surface area (Å²) >= 11 is 0. The van der Waals surface area contributed by atoms with E-state index in [9.17, 15) is 9.59 Å². The van der Waals surface area contributed by atoms with Crippen molar-refractivity contribution in [1.82, 2.24) is 10.6 Å². The SMILES string of the molecule is COc1ccc(CNCC(=O)Nc2ccc(C(=O)NCC3CCCO3)cc2)cc1. The zero-order valence-electron chi connectivity index (χ0n) is 16.6. The largest absolute Gasteiger partial charge is 0.497 e. The van der Waals surface area contributed by atoms with E-state index in [-0.39, 0.29) is 24.5 Å². The number of rotatable bonds is 9. The third-order valence-corrected chi connectivity index (χ3v) is 4.72. The number of carbonyl (C=O) groups is 2. The molecule has 7 nitrogen and oxygen atoms in total. The highest BCUT2D eigenvalue weighted by molar-refractivity contribution is 5.96. The van der Waals surface area contributed by atoms with Crippen LogP contribution in [0.25, 0.3) is 0 Å². The molecule has 1 aliphatic heterocycles. The Morgan fingerprint density at radius 3 is 2.52 bits per heavy atom. The molecule has 29 heavy (non-hydrogen) atoms. The van der Waals surface area contributed by atoms with Crippen molar-refractivity contribution in [1.29, 1.82) is 0 Å². The number of benzene rings is 2. The van der Waals surface area contributed by atoms with Crippen molar-refractivity contribution in [2.24, 2.45) is 0 Å². The fourth-order valence-electron chi connectivity index (χ4n) is 3.09. The van der Waals surface area contributed by atoms with Gasteiger partial charge in [-0.3, -0.25) is 9.59 Å². The summed E-state index contributed by atoms with van der Waals surface area (Å²) in [6.45, 7) is 2.07. The van der Waals surface area contributed by atoms with Crippen LogP contribution in [0.2, 0.25) is 0 Å². The van der Waals surface area contributed by atoms with Gasteiger partial charge in [0.2, 0.25) is 5.91 Å². The third-order valence-electron chi connectivity index (χ3n) is 4.72. The summed E-state index contributed by atoms with van der Waals surface area (Å²) in [5.74, 6) is 0.518. The number of anilines is 1. The van der Waals surface area contributed by atoms with Crippen LogP contribution in [0.3, 0.4) is 0 Å². The van der Waals surface area contributed by atoms with E-state index >= 15 is 0 Å². The molecule has 1 fully saturated rings. The Hall–Kier alpha value is -2.90. The van der Waals surface area contributed by atoms with E-state index in [0.29, 0.717) is 24.3 Å². The molecule has 0 aliphatic carbocycles. The van der Waals surface area contributed by atoms with Crippen molar-refractivity contribution in [3.63, 3.8) is 0 Å². The highest BCUT2D eigenvalue weighted by Crippen LogP contribution is 2.13. The van der Waals surface area contributed by atoms with Crippen LogP contribution in [-0.4, -0.2) is 44.7 Å². The molecule has 2 amide bonds. The quantitative estimate of drug-likeness (QED) is 0.604. The lowest BCUT2D eigenvalue weighted by molar-refractivity contribution is -0.115. The number of methoxy groups -OCH3 is 1. The van der Waals surface area contributed by atoms with Crippen LogP contribution in [0.5, 0.6) is 5.75 Å². The minimum atomic E-state index is -0.144. The van der Waals surface area contributed by atoms with Crippen LogP contribution in [0.1, 0.15) is 28.8 Å². The molecule has 2 aromatic rings. The molecule has 3 rings (SSSR count). The van der Waals surface area contributed by atoms with E-state index in [1.54, 1.807) is 31.4 Å². The summed E-state index contributed by atoms with van der Waals surface area (Å²) < 4.78 is 10.6. The topological polar surface area (TPSA) is 88.7 Å².